The van der Waals surface area contributed by atoms with E-state index in [0.717, 1.165) is 18.8 Å². The molecule has 0 amide bonds. The zero-order chi connectivity index (χ0) is 10.8. The fourth-order valence-electron chi connectivity index (χ4n) is 4.35. The molecule has 0 spiro atoms. The average Bonchev–Trinajstić information content (AvgIpc) is 2.98. The molecule has 4 rings (SSSR count). The maximum atomic E-state index is 11.4. The van der Waals surface area contributed by atoms with Gasteiger partial charge in [-0.1, -0.05) is 13.8 Å². The van der Waals surface area contributed by atoms with Crippen LogP contribution in [0.5, 0.6) is 0 Å². The molecule has 4 aliphatic carbocycles. The van der Waals surface area contributed by atoms with E-state index in [4.69, 9.17) is 0 Å². The molecule has 0 aliphatic heterocycles. The van der Waals surface area contributed by atoms with Crippen molar-refractivity contribution < 1.29 is 9.90 Å². The van der Waals surface area contributed by atoms with Crippen molar-refractivity contribution in [1.82, 2.24) is 0 Å². The maximum absolute atomic E-state index is 11.4. The van der Waals surface area contributed by atoms with Crippen LogP contribution >= 0.6 is 0 Å². The molecule has 0 saturated heterocycles. The van der Waals surface area contributed by atoms with E-state index in [-0.39, 0.29) is 5.41 Å². The molecule has 2 nitrogen and oxygen atoms in total. The minimum atomic E-state index is -0.520. The van der Waals surface area contributed by atoms with Crippen LogP contribution in [0.15, 0.2) is 0 Å². The van der Waals surface area contributed by atoms with Crippen molar-refractivity contribution in [1.29, 1.82) is 0 Å². The largest absolute Gasteiger partial charge is 0.481 e. The van der Waals surface area contributed by atoms with Gasteiger partial charge in [0.2, 0.25) is 0 Å². The third-order valence-corrected chi connectivity index (χ3v) is 5.78. The molecule has 4 saturated carbocycles. The molecular weight excluding hydrogens is 188 g/mol. The zero-order valence-electron chi connectivity index (χ0n) is 9.62. The highest BCUT2D eigenvalue weighted by Crippen LogP contribution is 2.69. The summed E-state index contributed by atoms with van der Waals surface area (Å²) in [6.45, 7) is 4.69. The number of carboxylic acid groups (broad SMARTS) is 1. The Labute approximate surface area is 91.1 Å². The lowest BCUT2D eigenvalue weighted by Crippen LogP contribution is -2.55. The Morgan fingerprint density at radius 2 is 1.87 bits per heavy atom. The Morgan fingerprint density at radius 1 is 1.20 bits per heavy atom. The van der Waals surface area contributed by atoms with Gasteiger partial charge >= 0.3 is 5.97 Å². The van der Waals surface area contributed by atoms with Crippen molar-refractivity contribution in [2.45, 2.75) is 46.0 Å². The molecule has 0 aromatic rings. The molecule has 3 unspecified atom stereocenters. The smallest absolute Gasteiger partial charge is 0.309 e. The molecular formula is C13H20O2. The molecule has 84 valence electrons. The summed E-state index contributed by atoms with van der Waals surface area (Å²) in [7, 11) is 0. The van der Waals surface area contributed by atoms with Crippen LogP contribution < -0.4 is 0 Å². The monoisotopic (exact) mass is 208 g/mol. The van der Waals surface area contributed by atoms with Crippen LogP contribution in [0.25, 0.3) is 0 Å². The second kappa shape index (κ2) is 2.58. The highest BCUT2D eigenvalue weighted by Gasteiger charge is 2.65. The topological polar surface area (TPSA) is 37.3 Å². The van der Waals surface area contributed by atoms with Crippen molar-refractivity contribution in [2.24, 2.45) is 28.6 Å². The Morgan fingerprint density at radius 3 is 2.27 bits per heavy atom. The van der Waals surface area contributed by atoms with Crippen LogP contribution in [0.1, 0.15) is 46.0 Å². The van der Waals surface area contributed by atoms with Gasteiger partial charge in [0, 0.05) is 0 Å². The summed E-state index contributed by atoms with van der Waals surface area (Å²) < 4.78 is 0. The van der Waals surface area contributed by atoms with E-state index in [1.54, 1.807) is 0 Å². The summed E-state index contributed by atoms with van der Waals surface area (Å²) in [6, 6.07) is 0. The predicted molar refractivity (Wildman–Crippen MR) is 57.4 cm³/mol. The van der Waals surface area contributed by atoms with E-state index in [9.17, 15) is 9.90 Å². The summed E-state index contributed by atoms with van der Waals surface area (Å²) in [4.78, 5) is 11.4. The van der Waals surface area contributed by atoms with Gasteiger partial charge in [-0.15, -0.1) is 0 Å². The quantitative estimate of drug-likeness (QED) is 0.757. The third kappa shape index (κ3) is 1.03. The Kier molecular flexibility index (Phi) is 1.67. The lowest BCUT2D eigenvalue weighted by molar-refractivity contribution is -0.162. The number of hydrogen-bond donors (Lipinski definition) is 1. The molecule has 0 heterocycles. The molecule has 0 aromatic heterocycles. The first-order valence-electron chi connectivity index (χ1n) is 6.22. The summed E-state index contributed by atoms with van der Waals surface area (Å²) >= 11 is 0. The van der Waals surface area contributed by atoms with Gasteiger partial charge in [-0.2, -0.15) is 0 Å². The highest BCUT2D eigenvalue weighted by molar-refractivity contribution is 5.78. The van der Waals surface area contributed by atoms with Crippen molar-refractivity contribution >= 4 is 5.97 Å². The summed E-state index contributed by atoms with van der Waals surface area (Å²) in [6.07, 6.45) is 5.61. The normalized spacial score (nSPS) is 44.3. The van der Waals surface area contributed by atoms with Gasteiger partial charge in [0.15, 0.2) is 0 Å². The lowest BCUT2D eigenvalue weighted by atomic mass is 9.43. The van der Waals surface area contributed by atoms with E-state index >= 15 is 0 Å². The van der Waals surface area contributed by atoms with E-state index in [0.29, 0.717) is 17.3 Å². The summed E-state index contributed by atoms with van der Waals surface area (Å²) in [5, 5.41) is 9.36. The summed E-state index contributed by atoms with van der Waals surface area (Å²) in [5.41, 5.74) is 0.126. The number of rotatable bonds is 2. The molecule has 3 atom stereocenters. The third-order valence-electron chi connectivity index (χ3n) is 5.78. The van der Waals surface area contributed by atoms with Crippen LogP contribution in [0.2, 0.25) is 0 Å². The number of carboxylic acids is 1. The Bertz CT molecular complexity index is 312. The van der Waals surface area contributed by atoms with Crippen molar-refractivity contribution in [3.8, 4) is 0 Å². The molecule has 4 fully saturated rings. The molecule has 0 aromatic carbocycles. The number of aliphatic carboxylic acids is 1. The van der Waals surface area contributed by atoms with Crippen molar-refractivity contribution in [3.05, 3.63) is 0 Å². The van der Waals surface area contributed by atoms with Gasteiger partial charge in [-0.25, -0.2) is 0 Å². The molecule has 4 aliphatic rings. The zero-order valence-corrected chi connectivity index (χ0v) is 9.62. The molecule has 2 bridgehead atoms. The van der Waals surface area contributed by atoms with Crippen LogP contribution in [0.4, 0.5) is 0 Å². The van der Waals surface area contributed by atoms with Gasteiger partial charge in [0.05, 0.1) is 5.41 Å². The first-order chi connectivity index (χ1) is 6.98. The minimum absolute atomic E-state index is 0.298. The van der Waals surface area contributed by atoms with Crippen molar-refractivity contribution in [3.63, 3.8) is 0 Å². The molecule has 2 heteroatoms. The first-order valence-corrected chi connectivity index (χ1v) is 6.22. The van der Waals surface area contributed by atoms with E-state index in [1.165, 1.54) is 19.3 Å². The number of fused-ring (bicyclic) bond motifs is 2. The first kappa shape index (κ1) is 9.68. The molecule has 0 radical (unpaired) electrons. The number of hydrogen-bond acceptors (Lipinski definition) is 1. The van der Waals surface area contributed by atoms with Crippen LogP contribution in [-0.4, -0.2) is 11.1 Å². The van der Waals surface area contributed by atoms with Crippen molar-refractivity contribution in [2.75, 3.05) is 0 Å². The second-order valence-electron chi connectivity index (χ2n) is 6.51. The van der Waals surface area contributed by atoms with Gasteiger partial charge in [0.25, 0.3) is 0 Å². The predicted octanol–water partition coefficient (Wildman–Crippen LogP) is 2.92. The minimum Gasteiger partial charge on any atom is -0.481 e. The fraction of sp³-hybridized carbons (Fsp3) is 0.923. The average molecular weight is 208 g/mol. The molecule has 15 heavy (non-hydrogen) atoms. The van der Waals surface area contributed by atoms with Gasteiger partial charge in [-0.3, -0.25) is 4.79 Å². The standard InChI is InChI=1S/C13H20O2/c1-12(2)8-3-4-9(10(12)7-8)13(5-6-13)11(14)15/h8-10H,3-7H2,1-2H3,(H,14,15). The van der Waals surface area contributed by atoms with Gasteiger partial charge in [-0.05, 0) is 55.3 Å². The van der Waals surface area contributed by atoms with Crippen LogP contribution in [0, 0.1) is 28.6 Å². The molecule has 1 N–H and O–H groups in total. The maximum Gasteiger partial charge on any atom is 0.309 e. The second-order valence-corrected chi connectivity index (χ2v) is 6.51. The van der Waals surface area contributed by atoms with Gasteiger partial charge in [0.1, 0.15) is 0 Å². The Balaban J connectivity index is 1.86. The SMILES string of the molecule is CC1(C)C2CCC(C3(C(=O)O)CC3)C1C2. The highest BCUT2D eigenvalue weighted by atomic mass is 16.4. The number of carbonyl (C=O) groups is 1. The van der Waals surface area contributed by atoms with Crippen LogP contribution in [0.3, 0.4) is 0 Å². The van der Waals surface area contributed by atoms with E-state index < -0.39 is 5.97 Å². The Hall–Kier alpha value is -0.530. The lowest BCUT2D eigenvalue weighted by Gasteiger charge is -2.61. The fourth-order valence-corrected chi connectivity index (χ4v) is 4.35. The summed E-state index contributed by atoms with van der Waals surface area (Å²) in [5.74, 6) is 1.53. The van der Waals surface area contributed by atoms with E-state index in [1.807, 2.05) is 0 Å². The van der Waals surface area contributed by atoms with Gasteiger partial charge < -0.3 is 5.11 Å². The van der Waals surface area contributed by atoms with E-state index in [2.05, 4.69) is 13.8 Å². The van der Waals surface area contributed by atoms with Crippen LogP contribution in [-0.2, 0) is 4.79 Å².